The summed E-state index contributed by atoms with van der Waals surface area (Å²) >= 11 is 0. The lowest BCUT2D eigenvalue weighted by molar-refractivity contribution is 0.172. The van der Waals surface area contributed by atoms with Crippen LogP contribution < -0.4 is 10.0 Å². The van der Waals surface area contributed by atoms with Crippen LogP contribution in [-0.2, 0) is 13.6 Å². The van der Waals surface area contributed by atoms with Crippen molar-refractivity contribution in [3.63, 3.8) is 0 Å². The van der Waals surface area contributed by atoms with Crippen molar-refractivity contribution in [3.8, 4) is 18.1 Å². The maximum absolute atomic E-state index is 12.5. The van der Waals surface area contributed by atoms with Gasteiger partial charge in [0.25, 0.3) is 0 Å². The average molecular weight is 296 g/mol. The Morgan fingerprint density at radius 1 is 1.15 bits per heavy atom. The first kappa shape index (κ1) is 16.8. The molecule has 0 saturated heterocycles. The fraction of sp³-hybridized carbons (Fsp3) is 0.467. The molecular weight excluding hydrogens is 275 g/mol. The summed E-state index contributed by atoms with van der Waals surface area (Å²) in [6.45, 7) is 7.79. The van der Waals surface area contributed by atoms with Gasteiger partial charge in [-0.1, -0.05) is 5.92 Å². The highest BCUT2D eigenvalue weighted by molar-refractivity contribution is 7.62. The van der Waals surface area contributed by atoms with Crippen LogP contribution in [0.2, 0.25) is 0 Å². The van der Waals surface area contributed by atoms with Crippen LogP contribution in [-0.4, -0.2) is 18.8 Å². The third-order valence-electron chi connectivity index (χ3n) is 2.47. The van der Waals surface area contributed by atoms with Crippen LogP contribution in [0.25, 0.3) is 0 Å². The van der Waals surface area contributed by atoms with Crippen LogP contribution in [0.15, 0.2) is 24.3 Å². The Hall–Kier alpha value is -1.27. The van der Waals surface area contributed by atoms with E-state index in [9.17, 15) is 4.57 Å². The molecule has 0 aromatic heterocycles. The molecule has 4 nitrogen and oxygen atoms in total. The number of hydrogen-bond acceptors (Lipinski definition) is 4. The molecule has 0 N–H and O–H groups in total. The summed E-state index contributed by atoms with van der Waals surface area (Å²) in [5.74, 6) is 3.16. The standard InChI is InChI=1S/C15H21O4P/c1-6-15(4,5)19-13-9-11-14(12-10-13)20(16,17-7-2)18-8-3/h1,9-12H,7-8H2,2-5H3. The third-order valence-corrected chi connectivity index (χ3v) is 4.60. The van der Waals surface area contributed by atoms with Crippen molar-refractivity contribution in [1.29, 1.82) is 0 Å². The van der Waals surface area contributed by atoms with E-state index in [1.54, 1.807) is 52.0 Å². The van der Waals surface area contributed by atoms with Crippen molar-refractivity contribution >= 4 is 12.9 Å². The van der Waals surface area contributed by atoms with Crippen LogP contribution in [0, 0.1) is 12.3 Å². The Balaban J connectivity index is 2.95. The molecule has 0 atom stereocenters. The second-order valence-corrected chi connectivity index (χ2v) is 6.61. The molecule has 0 radical (unpaired) electrons. The molecule has 0 aliphatic heterocycles. The highest BCUT2D eigenvalue weighted by atomic mass is 31.2. The Morgan fingerprint density at radius 2 is 1.65 bits per heavy atom. The SMILES string of the molecule is C#CC(C)(C)Oc1ccc(P(=O)(OCC)OCC)cc1. The fourth-order valence-corrected chi connectivity index (χ4v) is 3.11. The molecule has 1 aromatic rings. The smallest absolute Gasteiger partial charge is 0.361 e. The third kappa shape index (κ3) is 4.38. The van der Waals surface area contributed by atoms with E-state index in [-0.39, 0.29) is 0 Å². The maximum Gasteiger partial charge on any atom is 0.361 e. The molecule has 0 bridgehead atoms. The van der Waals surface area contributed by atoms with E-state index in [1.807, 2.05) is 0 Å². The molecule has 0 aliphatic rings. The van der Waals surface area contributed by atoms with Gasteiger partial charge in [0, 0.05) is 0 Å². The lowest BCUT2D eigenvalue weighted by Gasteiger charge is -2.21. The van der Waals surface area contributed by atoms with Gasteiger partial charge in [0.1, 0.15) is 5.75 Å². The quantitative estimate of drug-likeness (QED) is 0.571. The first-order valence-electron chi connectivity index (χ1n) is 6.53. The van der Waals surface area contributed by atoms with Crippen molar-refractivity contribution in [1.82, 2.24) is 0 Å². The van der Waals surface area contributed by atoms with Crippen molar-refractivity contribution < 1.29 is 18.3 Å². The number of ether oxygens (including phenoxy) is 1. The second kappa shape index (κ2) is 6.95. The van der Waals surface area contributed by atoms with Crippen LogP contribution in [0.4, 0.5) is 0 Å². The molecule has 110 valence electrons. The van der Waals surface area contributed by atoms with Gasteiger partial charge in [-0.05, 0) is 52.0 Å². The van der Waals surface area contributed by atoms with Gasteiger partial charge in [-0.2, -0.15) is 0 Å². The Kier molecular flexibility index (Phi) is 5.83. The van der Waals surface area contributed by atoms with E-state index in [2.05, 4.69) is 5.92 Å². The van der Waals surface area contributed by atoms with Gasteiger partial charge in [-0.3, -0.25) is 4.57 Å². The molecule has 0 aliphatic carbocycles. The lowest BCUT2D eigenvalue weighted by Crippen LogP contribution is -2.25. The van der Waals surface area contributed by atoms with E-state index >= 15 is 0 Å². The molecule has 20 heavy (non-hydrogen) atoms. The number of rotatable bonds is 7. The zero-order valence-corrected chi connectivity index (χ0v) is 13.3. The number of terminal acetylenes is 1. The molecule has 0 saturated carbocycles. The Morgan fingerprint density at radius 3 is 2.05 bits per heavy atom. The molecule has 0 heterocycles. The monoisotopic (exact) mass is 296 g/mol. The van der Waals surface area contributed by atoms with Crippen molar-refractivity contribution in [2.75, 3.05) is 13.2 Å². The van der Waals surface area contributed by atoms with E-state index in [1.165, 1.54) is 0 Å². The van der Waals surface area contributed by atoms with Gasteiger partial charge in [0.05, 0.1) is 18.5 Å². The molecule has 0 spiro atoms. The summed E-state index contributed by atoms with van der Waals surface area (Å²) < 4.78 is 28.7. The zero-order valence-electron chi connectivity index (χ0n) is 12.4. The minimum atomic E-state index is -3.25. The first-order chi connectivity index (χ1) is 9.37. The van der Waals surface area contributed by atoms with Gasteiger partial charge in [-0.15, -0.1) is 6.42 Å². The summed E-state index contributed by atoms with van der Waals surface area (Å²) in [7, 11) is -3.25. The molecule has 0 unspecified atom stereocenters. The Labute approximate surface area is 121 Å². The maximum atomic E-state index is 12.5. The van der Waals surface area contributed by atoms with E-state index in [0.717, 1.165) is 0 Å². The van der Waals surface area contributed by atoms with E-state index in [4.69, 9.17) is 20.2 Å². The van der Waals surface area contributed by atoms with Crippen LogP contribution in [0.5, 0.6) is 5.75 Å². The minimum Gasteiger partial charge on any atom is -0.475 e. The van der Waals surface area contributed by atoms with Crippen LogP contribution >= 0.6 is 7.60 Å². The minimum absolute atomic E-state index is 0.319. The summed E-state index contributed by atoms with van der Waals surface area (Å²) in [4.78, 5) is 0. The largest absolute Gasteiger partial charge is 0.475 e. The van der Waals surface area contributed by atoms with Crippen molar-refractivity contribution in [3.05, 3.63) is 24.3 Å². The summed E-state index contributed by atoms with van der Waals surface area (Å²) in [6.07, 6.45) is 5.37. The second-order valence-electron chi connectivity index (χ2n) is 4.58. The highest BCUT2D eigenvalue weighted by Gasteiger charge is 2.26. The average Bonchev–Trinajstić information content (AvgIpc) is 2.39. The van der Waals surface area contributed by atoms with Gasteiger partial charge in [0.2, 0.25) is 0 Å². The summed E-state index contributed by atoms with van der Waals surface area (Å²) in [5.41, 5.74) is -0.689. The predicted molar refractivity (Wildman–Crippen MR) is 80.5 cm³/mol. The topological polar surface area (TPSA) is 44.8 Å². The van der Waals surface area contributed by atoms with Crippen molar-refractivity contribution in [2.24, 2.45) is 0 Å². The molecule has 1 aromatic carbocycles. The van der Waals surface area contributed by atoms with Crippen LogP contribution in [0.3, 0.4) is 0 Å². The van der Waals surface area contributed by atoms with E-state index in [0.29, 0.717) is 24.3 Å². The first-order valence-corrected chi connectivity index (χ1v) is 8.07. The Bertz CT molecular complexity index is 504. The van der Waals surface area contributed by atoms with E-state index < -0.39 is 13.2 Å². The van der Waals surface area contributed by atoms with Crippen molar-refractivity contribution in [2.45, 2.75) is 33.3 Å². The normalized spacial score (nSPS) is 11.9. The molecule has 1 rings (SSSR count). The molecule has 0 amide bonds. The summed E-state index contributed by atoms with van der Waals surface area (Å²) in [6, 6.07) is 6.76. The van der Waals surface area contributed by atoms with Gasteiger partial charge in [0.15, 0.2) is 5.60 Å². The van der Waals surface area contributed by atoms with Gasteiger partial charge < -0.3 is 13.8 Å². The zero-order chi connectivity index (χ0) is 15.2. The molecule has 0 fully saturated rings. The summed E-state index contributed by atoms with van der Waals surface area (Å²) in [5, 5.41) is 0.507. The van der Waals surface area contributed by atoms with Gasteiger partial charge >= 0.3 is 7.60 Å². The molecule has 5 heteroatoms. The lowest BCUT2D eigenvalue weighted by atomic mass is 10.1. The predicted octanol–water partition coefficient (Wildman–Crippen LogP) is 3.37. The van der Waals surface area contributed by atoms with Crippen LogP contribution in [0.1, 0.15) is 27.7 Å². The number of benzene rings is 1. The number of hydrogen-bond donors (Lipinski definition) is 0. The highest BCUT2D eigenvalue weighted by Crippen LogP contribution is 2.46. The molecular formula is C15H21O4P. The fourth-order valence-electron chi connectivity index (χ4n) is 1.55. The van der Waals surface area contributed by atoms with Gasteiger partial charge in [-0.25, -0.2) is 0 Å².